The fourth-order valence-corrected chi connectivity index (χ4v) is 4.89. The first-order valence-corrected chi connectivity index (χ1v) is 9.40. The molecule has 7 nitrogen and oxygen atoms in total. The van der Waals surface area contributed by atoms with Crippen LogP contribution in [0, 0.1) is 0 Å². The van der Waals surface area contributed by atoms with Gasteiger partial charge in [0.2, 0.25) is 11.7 Å². The molecular formula is C14H15N5O2S2. The van der Waals surface area contributed by atoms with Crippen LogP contribution in [0.5, 0.6) is 0 Å². The highest BCUT2D eigenvalue weighted by molar-refractivity contribution is 7.98. The monoisotopic (exact) mass is 349 g/mol. The Hall–Kier alpha value is -1.87. The van der Waals surface area contributed by atoms with Gasteiger partial charge in [-0.05, 0) is 37.5 Å². The van der Waals surface area contributed by atoms with Gasteiger partial charge in [-0.1, -0.05) is 11.8 Å². The topological polar surface area (TPSA) is 95.3 Å². The van der Waals surface area contributed by atoms with Crippen molar-refractivity contribution in [3.63, 3.8) is 0 Å². The molecule has 2 N–H and O–H groups in total. The molecule has 0 spiro atoms. The lowest BCUT2D eigenvalue weighted by atomic mass is 9.97. The van der Waals surface area contributed by atoms with Crippen LogP contribution in [-0.4, -0.2) is 31.3 Å². The van der Waals surface area contributed by atoms with Gasteiger partial charge in [-0.2, -0.15) is 0 Å². The van der Waals surface area contributed by atoms with Crippen molar-refractivity contribution < 1.29 is 4.79 Å². The van der Waals surface area contributed by atoms with Crippen LogP contribution in [0.4, 0.5) is 0 Å². The van der Waals surface area contributed by atoms with E-state index in [1.807, 2.05) is 6.26 Å². The van der Waals surface area contributed by atoms with Crippen molar-refractivity contribution >= 4 is 45.0 Å². The maximum atomic E-state index is 13.0. The Morgan fingerprint density at radius 1 is 1.39 bits per heavy atom. The van der Waals surface area contributed by atoms with Gasteiger partial charge in [-0.15, -0.1) is 16.4 Å². The highest BCUT2D eigenvalue weighted by atomic mass is 32.2. The molecule has 0 radical (unpaired) electrons. The molecule has 0 unspecified atom stereocenters. The van der Waals surface area contributed by atoms with Crippen LogP contribution in [0.1, 0.15) is 23.3 Å². The number of aryl methyl sites for hydroxylation is 2. The van der Waals surface area contributed by atoms with Gasteiger partial charge < -0.3 is 5.73 Å². The normalized spacial score (nSPS) is 14.5. The van der Waals surface area contributed by atoms with E-state index in [9.17, 15) is 9.59 Å². The van der Waals surface area contributed by atoms with Gasteiger partial charge in [0, 0.05) is 4.88 Å². The van der Waals surface area contributed by atoms with E-state index in [0.717, 1.165) is 41.5 Å². The molecule has 120 valence electrons. The molecule has 23 heavy (non-hydrogen) atoms. The van der Waals surface area contributed by atoms with E-state index in [0.29, 0.717) is 10.9 Å². The predicted molar refractivity (Wildman–Crippen MR) is 90.2 cm³/mol. The average molecular weight is 349 g/mol. The number of hydrogen-bond donors (Lipinski definition) is 1. The third-order valence-corrected chi connectivity index (χ3v) is 5.90. The molecule has 3 aromatic rings. The summed E-state index contributed by atoms with van der Waals surface area (Å²) in [6.45, 7) is -0.0902. The minimum atomic E-state index is -0.512. The number of fused-ring (bicyclic) bond motifs is 4. The summed E-state index contributed by atoms with van der Waals surface area (Å²) in [5.74, 6) is -0.133. The summed E-state index contributed by atoms with van der Waals surface area (Å²) in [6.07, 6.45) is 6.06. The Kier molecular flexibility index (Phi) is 3.42. The number of nitrogens with two attached hydrogens (primary N) is 1. The molecule has 0 saturated heterocycles. The average Bonchev–Trinajstić information content (AvgIpc) is 3.05. The third-order valence-electron chi connectivity index (χ3n) is 4.09. The summed E-state index contributed by atoms with van der Waals surface area (Å²) < 4.78 is 2.91. The molecule has 1 amide bonds. The van der Waals surface area contributed by atoms with Crippen LogP contribution in [-0.2, 0) is 24.2 Å². The molecule has 1 aliphatic carbocycles. The number of primary amides is 1. The SMILES string of the molecule is CSc1nn(CC(N)=O)c2nc3sc4c(c3c(=O)n12)CCCC4. The molecule has 0 aromatic carbocycles. The summed E-state index contributed by atoms with van der Waals surface area (Å²) in [5, 5.41) is 5.55. The van der Waals surface area contributed by atoms with Crippen molar-refractivity contribution in [1.82, 2.24) is 19.2 Å². The summed E-state index contributed by atoms with van der Waals surface area (Å²) >= 11 is 2.94. The van der Waals surface area contributed by atoms with Gasteiger partial charge >= 0.3 is 0 Å². The van der Waals surface area contributed by atoms with E-state index in [-0.39, 0.29) is 12.1 Å². The van der Waals surface area contributed by atoms with Gasteiger partial charge in [0.1, 0.15) is 11.4 Å². The smallest absolute Gasteiger partial charge is 0.270 e. The molecule has 0 bridgehead atoms. The van der Waals surface area contributed by atoms with Gasteiger partial charge in [0.05, 0.1) is 5.39 Å². The summed E-state index contributed by atoms with van der Waals surface area (Å²) in [5.41, 5.74) is 6.34. The second kappa shape index (κ2) is 5.34. The molecule has 0 fully saturated rings. The molecule has 0 aliphatic heterocycles. The van der Waals surface area contributed by atoms with E-state index in [2.05, 4.69) is 10.1 Å². The number of rotatable bonds is 3. The van der Waals surface area contributed by atoms with Gasteiger partial charge in [0.15, 0.2) is 5.16 Å². The van der Waals surface area contributed by atoms with E-state index in [4.69, 9.17) is 5.73 Å². The molecule has 1 aliphatic rings. The van der Waals surface area contributed by atoms with Crippen molar-refractivity contribution in [3.8, 4) is 0 Å². The van der Waals surface area contributed by atoms with Gasteiger partial charge in [0.25, 0.3) is 5.56 Å². The van der Waals surface area contributed by atoms with Crippen LogP contribution < -0.4 is 11.3 Å². The van der Waals surface area contributed by atoms with Crippen molar-refractivity contribution in [1.29, 1.82) is 0 Å². The van der Waals surface area contributed by atoms with Crippen LogP contribution in [0.25, 0.3) is 16.0 Å². The zero-order valence-electron chi connectivity index (χ0n) is 12.5. The van der Waals surface area contributed by atoms with E-state index < -0.39 is 5.91 Å². The predicted octanol–water partition coefficient (Wildman–Crippen LogP) is 1.19. The summed E-state index contributed by atoms with van der Waals surface area (Å²) in [6, 6.07) is 0. The van der Waals surface area contributed by atoms with Crippen molar-refractivity contribution in [2.45, 2.75) is 37.4 Å². The second-order valence-corrected chi connectivity index (χ2v) is 7.41. The summed E-state index contributed by atoms with van der Waals surface area (Å²) in [7, 11) is 0. The molecule has 0 saturated carbocycles. The number of aromatic nitrogens is 4. The molecule has 3 heterocycles. The van der Waals surface area contributed by atoms with Crippen molar-refractivity contribution in [2.75, 3.05) is 6.26 Å². The lowest BCUT2D eigenvalue weighted by Gasteiger charge is -2.09. The Morgan fingerprint density at radius 2 is 2.17 bits per heavy atom. The van der Waals surface area contributed by atoms with Crippen LogP contribution in [0.3, 0.4) is 0 Å². The number of carbonyl (C=O) groups excluding carboxylic acids is 1. The van der Waals surface area contributed by atoms with E-state index in [1.165, 1.54) is 25.7 Å². The standard InChI is InChI=1S/C14H15N5O2S2/c1-22-14-17-18(6-9(15)20)13-16-11-10(12(21)19(13)14)7-4-2-3-5-8(7)23-11/h2-6H2,1H3,(H2,15,20). The molecular weight excluding hydrogens is 334 g/mol. The lowest BCUT2D eigenvalue weighted by Crippen LogP contribution is -2.21. The van der Waals surface area contributed by atoms with E-state index in [1.54, 1.807) is 11.3 Å². The molecule has 9 heteroatoms. The fourth-order valence-electron chi connectivity index (χ4n) is 3.12. The number of hydrogen-bond acceptors (Lipinski definition) is 6. The van der Waals surface area contributed by atoms with Gasteiger partial charge in [-0.25, -0.2) is 14.1 Å². The molecule has 4 rings (SSSR count). The Balaban J connectivity index is 2.09. The number of nitrogens with zero attached hydrogens (tertiary/aromatic N) is 4. The zero-order valence-corrected chi connectivity index (χ0v) is 14.2. The maximum absolute atomic E-state index is 13.0. The second-order valence-electron chi connectivity index (χ2n) is 5.55. The molecule has 3 aromatic heterocycles. The number of carbonyl (C=O) groups is 1. The van der Waals surface area contributed by atoms with Crippen molar-refractivity contribution in [2.24, 2.45) is 5.73 Å². The maximum Gasteiger partial charge on any atom is 0.270 e. The number of amides is 1. The van der Waals surface area contributed by atoms with Crippen LogP contribution in [0.15, 0.2) is 9.95 Å². The quantitative estimate of drug-likeness (QED) is 0.717. The zero-order chi connectivity index (χ0) is 16.1. The van der Waals surface area contributed by atoms with Crippen LogP contribution in [0.2, 0.25) is 0 Å². The Bertz CT molecular complexity index is 1000. The first-order chi connectivity index (χ1) is 11.1. The highest BCUT2D eigenvalue weighted by Gasteiger charge is 2.23. The van der Waals surface area contributed by atoms with Gasteiger partial charge in [-0.3, -0.25) is 9.59 Å². The lowest BCUT2D eigenvalue weighted by molar-refractivity contribution is -0.118. The molecule has 0 atom stereocenters. The Morgan fingerprint density at radius 3 is 2.91 bits per heavy atom. The number of thioether (sulfide) groups is 1. The van der Waals surface area contributed by atoms with E-state index >= 15 is 0 Å². The fraction of sp³-hybridized carbons (Fsp3) is 0.429. The van der Waals surface area contributed by atoms with Crippen molar-refractivity contribution in [3.05, 3.63) is 20.8 Å². The summed E-state index contributed by atoms with van der Waals surface area (Å²) in [4.78, 5) is 30.9. The number of thiophene rings is 1. The first-order valence-electron chi connectivity index (χ1n) is 7.36. The largest absolute Gasteiger partial charge is 0.368 e. The minimum Gasteiger partial charge on any atom is -0.368 e. The minimum absolute atomic E-state index is 0.0902. The first kappa shape index (κ1) is 14.7. The van der Waals surface area contributed by atoms with Crippen LogP contribution >= 0.6 is 23.1 Å². The third kappa shape index (κ3) is 2.18. The Labute approximate surface area is 139 Å². The highest BCUT2D eigenvalue weighted by Crippen LogP contribution is 2.34.